The Kier molecular flexibility index (Phi) is 10.6. The SMILES string of the molecule is CC1=[C-]CC=C1C.CC1=[C-]CC=C1C.[Cl-].[H-].[Hf+4]. The molecule has 0 spiro atoms. The largest absolute Gasteiger partial charge is 4.00 e. The molecule has 2 aliphatic carbocycles. The second-order valence-electron chi connectivity index (χ2n) is 3.79. The summed E-state index contributed by atoms with van der Waals surface area (Å²) in [4.78, 5) is 0. The van der Waals surface area contributed by atoms with Crippen molar-refractivity contribution in [3.8, 4) is 0 Å². The number of hydrogen-bond acceptors (Lipinski definition) is 0. The molecule has 0 heterocycles. The maximum atomic E-state index is 3.19. The third kappa shape index (κ3) is 6.00. The summed E-state index contributed by atoms with van der Waals surface area (Å²) in [7, 11) is 0. The third-order valence-corrected chi connectivity index (χ3v) is 2.73. The van der Waals surface area contributed by atoms with Crippen molar-refractivity contribution in [3.05, 3.63) is 46.6 Å². The molecule has 0 unspecified atom stereocenters. The Labute approximate surface area is 126 Å². The van der Waals surface area contributed by atoms with Gasteiger partial charge in [0.2, 0.25) is 0 Å². The minimum Gasteiger partial charge on any atom is -1.00 e. The van der Waals surface area contributed by atoms with E-state index in [-0.39, 0.29) is 39.7 Å². The third-order valence-electron chi connectivity index (χ3n) is 2.73. The topological polar surface area (TPSA) is 0 Å². The zero-order chi connectivity index (χ0) is 10.6. The van der Waals surface area contributed by atoms with Crippen molar-refractivity contribution in [1.29, 1.82) is 0 Å². The van der Waals surface area contributed by atoms with Crippen molar-refractivity contribution < 1.29 is 39.7 Å². The van der Waals surface area contributed by atoms with Crippen LogP contribution in [-0.4, -0.2) is 0 Å². The minimum absolute atomic E-state index is 0. The van der Waals surface area contributed by atoms with E-state index in [9.17, 15) is 0 Å². The molecule has 2 heteroatoms. The Morgan fingerprint density at radius 1 is 0.875 bits per heavy atom. The molecule has 2 rings (SSSR count). The van der Waals surface area contributed by atoms with Crippen molar-refractivity contribution in [1.82, 2.24) is 0 Å². The summed E-state index contributed by atoms with van der Waals surface area (Å²) in [5.41, 5.74) is 5.42. The maximum Gasteiger partial charge on any atom is 4.00 e. The van der Waals surface area contributed by atoms with Gasteiger partial charge in [0, 0.05) is 0 Å². The summed E-state index contributed by atoms with van der Waals surface area (Å²) in [5, 5.41) is 0. The van der Waals surface area contributed by atoms with Crippen molar-refractivity contribution in [3.63, 3.8) is 0 Å². The standard InChI is InChI=1S/2C7H9.ClH.Hf.H/c2*1-6-4-3-5-7(6)2;;;/h2*4H,3H2,1-2H3;1H;;/q2*-1;;+4;-1/p-1. The molecule has 0 radical (unpaired) electrons. The van der Waals surface area contributed by atoms with Gasteiger partial charge in [-0.3, -0.25) is 12.2 Å². The van der Waals surface area contributed by atoms with Crippen LogP contribution in [0.1, 0.15) is 42.0 Å². The van der Waals surface area contributed by atoms with E-state index < -0.39 is 0 Å². The fourth-order valence-electron chi connectivity index (χ4n) is 1.30. The Balaban J connectivity index is -0.000000196. The Hall–Kier alpha value is 0.120. The molecular formula is C14H19ClHf. The number of allylic oxidation sites excluding steroid dienone is 8. The molecule has 0 saturated heterocycles. The molecular weight excluding hydrogens is 382 g/mol. The van der Waals surface area contributed by atoms with Crippen LogP contribution in [0.4, 0.5) is 0 Å². The van der Waals surface area contributed by atoms with Crippen molar-refractivity contribution in [2.75, 3.05) is 0 Å². The van der Waals surface area contributed by atoms with Crippen LogP contribution in [0.15, 0.2) is 34.4 Å². The van der Waals surface area contributed by atoms with Gasteiger partial charge in [-0.2, -0.15) is 12.2 Å². The maximum absolute atomic E-state index is 3.19. The molecule has 0 bridgehead atoms. The monoisotopic (exact) mass is 402 g/mol. The Morgan fingerprint density at radius 2 is 1.19 bits per heavy atom. The summed E-state index contributed by atoms with van der Waals surface area (Å²) in [5.74, 6) is 0. The van der Waals surface area contributed by atoms with Gasteiger partial charge in [0.15, 0.2) is 0 Å². The van der Waals surface area contributed by atoms with Crippen LogP contribution in [0, 0.1) is 12.2 Å². The van der Waals surface area contributed by atoms with Gasteiger partial charge < -0.3 is 13.8 Å². The molecule has 0 saturated carbocycles. The molecule has 0 fully saturated rings. The van der Waals surface area contributed by atoms with Gasteiger partial charge in [0.1, 0.15) is 0 Å². The van der Waals surface area contributed by atoms with Crippen molar-refractivity contribution >= 4 is 0 Å². The van der Waals surface area contributed by atoms with E-state index in [0.29, 0.717) is 0 Å². The molecule has 0 aliphatic heterocycles. The predicted molar refractivity (Wildman–Crippen MR) is 62.7 cm³/mol. The zero-order valence-corrected chi connectivity index (χ0v) is 14.8. The van der Waals surface area contributed by atoms with Gasteiger partial charge in [0.25, 0.3) is 0 Å². The van der Waals surface area contributed by atoms with E-state index >= 15 is 0 Å². The molecule has 86 valence electrons. The van der Waals surface area contributed by atoms with Crippen molar-refractivity contribution in [2.24, 2.45) is 0 Å². The van der Waals surface area contributed by atoms with E-state index in [0.717, 1.165) is 12.8 Å². The Bertz CT molecular complexity index is 272. The zero-order valence-electron chi connectivity index (χ0n) is 11.4. The first kappa shape index (κ1) is 18.5. The summed E-state index contributed by atoms with van der Waals surface area (Å²) < 4.78 is 0. The average molecular weight is 401 g/mol. The molecule has 0 nitrogen and oxygen atoms in total. The number of halogens is 1. The molecule has 0 aromatic rings. The predicted octanol–water partition coefficient (Wildman–Crippen LogP) is 1.29. The smallest absolute Gasteiger partial charge is 1.00 e. The van der Waals surface area contributed by atoms with Gasteiger partial charge in [-0.1, -0.05) is 13.8 Å². The average Bonchev–Trinajstić information content (AvgIpc) is 2.67. The summed E-state index contributed by atoms with van der Waals surface area (Å²) in [6.45, 7) is 8.43. The van der Waals surface area contributed by atoms with Crippen LogP contribution in [0.5, 0.6) is 0 Å². The van der Waals surface area contributed by atoms with E-state index in [2.05, 4.69) is 52.0 Å². The summed E-state index contributed by atoms with van der Waals surface area (Å²) in [6, 6.07) is 0. The first-order valence-electron chi connectivity index (χ1n) is 5.10. The molecule has 16 heavy (non-hydrogen) atoms. The van der Waals surface area contributed by atoms with E-state index in [1.807, 2.05) is 0 Å². The van der Waals surface area contributed by atoms with Crippen LogP contribution in [0.3, 0.4) is 0 Å². The Morgan fingerprint density at radius 3 is 1.25 bits per heavy atom. The van der Waals surface area contributed by atoms with E-state index in [1.54, 1.807) is 0 Å². The second-order valence-corrected chi connectivity index (χ2v) is 3.79. The van der Waals surface area contributed by atoms with Gasteiger partial charge in [-0.25, -0.2) is 22.3 Å². The second kappa shape index (κ2) is 9.18. The van der Waals surface area contributed by atoms with Gasteiger partial charge in [-0.05, 0) is 0 Å². The quantitative estimate of drug-likeness (QED) is 0.424. The molecule has 0 atom stereocenters. The summed E-state index contributed by atoms with van der Waals surface area (Å²) in [6.07, 6.45) is 12.8. The molecule has 0 aromatic carbocycles. The molecule has 0 aromatic heterocycles. The van der Waals surface area contributed by atoms with Crippen LogP contribution < -0.4 is 12.4 Å². The normalized spacial score (nSPS) is 16.8. The van der Waals surface area contributed by atoms with Crippen LogP contribution in [-0.2, 0) is 25.8 Å². The van der Waals surface area contributed by atoms with E-state index in [4.69, 9.17) is 0 Å². The molecule has 0 amide bonds. The number of rotatable bonds is 0. The van der Waals surface area contributed by atoms with E-state index in [1.165, 1.54) is 22.3 Å². The van der Waals surface area contributed by atoms with Gasteiger partial charge in [0.05, 0.1) is 0 Å². The van der Waals surface area contributed by atoms with Crippen LogP contribution in [0.25, 0.3) is 0 Å². The minimum atomic E-state index is 0. The number of hydrogen-bond donors (Lipinski definition) is 0. The first-order chi connectivity index (χ1) is 6.61. The van der Waals surface area contributed by atoms with Gasteiger partial charge in [-0.15, -0.1) is 26.7 Å². The van der Waals surface area contributed by atoms with Crippen molar-refractivity contribution in [2.45, 2.75) is 40.5 Å². The fraction of sp³-hybridized carbons (Fsp3) is 0.429. The fourth-order valence-corrected chi connectivity index (χ4v) is 1.30. The first-order valence-corrected chi connectivity index (χ1v) is 5.10. The van der Waals surface area contributed by atoms with Crippen LogP contribution >= 0.6 is 0 Å². The summed E-state index contributed by atoms with van der Waals surface area (Å²) >= 11 is 0. The van der Waals surface area contributed by atoms with Gasteiger partial charge >= 0.3 is 25.8 Å². The molecule has 0 N–H and O–H groups in total. The van der Waals surface area contributed by atoms with Crippen LogP contribution in [0.2, 0.25) is 0 Å². The molecule has 2 aliphatic rings.